The number of nitrogens with one attached hydrogen (secondary N) is 1. The molecule has 0 radical (unpaired) electrons. The lowest BCUT2D eigenvalue weighted by Crippen LogP contribution is -2.53. The van der Waals surface area contributed by atoms with Crippen LogP contribution in [0.5, 0.6) is 0 Å². The van der Waals surface area contributed by atoms with Gasteiger partial charge in [0.15, 0.2) is 0 Å². The van der Waals surface area contributed by atoms with Crippen molar-refractivity contribution in [1.82, 2.24) is 9.47 Å². The third-order valence-corrected chi connectivity index (χ3v) is 5.22. The van der Waals surface area contributed by atoms with Crippen LogP contribution in [0.4, 0.5) is 0 Å². The number of hydrogen-bond donors (Lipinski definition) is 1. The first-order valence-corrected chi connectivity index (χ1v) is 8.90. The van der Waals surface area contributed by atoms with Crippen LogP contribution in [0.3, 0.4) is 0 Å². The van der Waals surface area contributed by atoms with E-state index in [0.29, 0.717) is 17.5 Å². The van der Waals surface area contributed by atoms with Gasteiger partial charge >= 0.3 is 5.63 Å². The van der Waals surface area contributed by atoms with E-state index in [-0.39, 0.29) is 11.0 Å². The van der Waals surface area contributed by atoms with Crippen LogP contribution in [0, 0.1) is 5.41 Å². The number of ether oxygens (including phenoxy) is 1. The number of nitrogens with zero attached hydrogens (tertiary/aromatic N) is 2. The molecule has 1 aliphatic heterocycles. The Bertz CT molecular complexity index is 1080. The van der Waals surface area contributed by atoms with Gasteiger partial charge in [-0.1, -0.05) is 18.2 Å². The van der Waals surface area contributed by atoms with Gasteiger partial charge in [-0.3, -0.25) is 10.3 Å². The van der Waals surface area contributed by atoms with E-state index in [1.807, 2.05) is 35.0 Å². The molecule has 2 aromatic heterocycles. The highest BCUT2D eigenvalue weighted by Crippen LogP contribution is 2.22. The van der Waals surface area contributed by atoms with Crippen molar-refractivity contribution in [2.45, 2.75) is 25.9 Å². The summed E-state index contributed by atoms with van der Waals surface area (Å²) in [5.74, 6) is 0. The number of pyridine rings is 1. The van der Waals surface area contributed by atoms with Crippen molar-refractivity contribution in [1.29, 1.82) is 5.41 Å². The highest BCUT2D eigenvalue weighted by atomic mass is 16.5. The SMILES string of the molecule is CC(C)(Cn1ccc2c(c(=O)oc3ccccc32)c1=N)N1CCOCC1. The average Bonchev–Trinajstić information content (AvgIpc) is 2.64. The predicted octanol–water partition coefficient (Wildman–Crippen LogP) is 2.34. The summed E-state index contributed by atoms with van der Waals surface area (Å²) in [6.45, 7) is 8.16. The molecule has 0 saturated carbocycles. The van der Waals surface area contributed by atoms with Crippen molar-refractivity contribution in [3.63, 3.8) is 0 Å². The first-order chi connectivity index (χ1) is 12.5. The Morgan fingerprint density at radius 2 is 1.85 bits per heavy atom. The highest BCUT2D eigenvalue weighted by molar-refractivity contribution is 6.03. The summed E-state index contributed by atoms with van der Waals surface area (Å²) in [7, 11) is 0. The number of benzene rings is 1. The second kappa shape index (κ2) is 6.37. The van der Waals surface area contributed by atoms with Crippen molar-refractivity contribution in [3.05, 3.63) is 52.4 Å². The monoisotopic (exact) mass is 353 g/mol. The van der Waals surface area contributed by atoms with Crippen molar-refractivity contribution >= 4 is 21.7 Å². The van der Waals surface area contributed by atoms with Crippen LogP contribution in [-0.4, -0.2) is 41.3 Å². The number of fused-ring (bicyclic) bond motifs is 3. The first-order valence-electron chi connectivity index (χ1n) is 8.90. The van der Waals surface area contributed by atoms with E-state index in [4.69, 9.17) is 14.6 Å². The van der Waals surface area contributed by atoms with Gasteiger partial charge in [-0.05, 0) is 26.0 Å². The fourth-order valence-corrected chi connectivity index (χ4v) is 3.77. The quantitative estimate of drug-likeness (QED) is 0.579. The van der Waals surface area contributed by atoms with Gasteiger partial charge in [0.1, 0.15) is 16.5 Å². The molecule has 0 aliphatic carbocycles. The maximum Gasteiger partial charge on any atom is 0.347 e. The minimum atomic E-state index is -0.456. The molecule has 6 nitrogen and oxygen atoms in total. The van der Waals surface area contributed by atoms with Crippen molar-refractivity contribution in [2.24, 2.45) is 0 Å². The summed E-state index contributed by atoms with van der Waals surface area (Å²) in [4.78, 5) is 14.9. The summed E-state index contributed by atoms with van der Waals surface area (Å²) in [6.07, 6.45) is 1.90. The van der Waals surface area contributed by atoms with Gasteiger partial charge in [-0.2, -0.15) is 0 Å². The summed E-state index contributed by atoms with van der Waals surface area (Å²) in [6, 6.07) is 9.37. The molecule has 6 heteroatoms. The summed E-state index contributed by atoms with van der Waals surface area (Å²) in [5.41, 5.74) is 0.149. The molecule has 1 aromatic carbocycles. The van der Waals surface area contributed by atoms with Gasteiger partial charge in [-0.25, -0.2) is 4.79 Å². The van der Waals surface area contributed by atoms with E-state index < -0.39 is 5.63 Å². The molecule has 0 unspecified atom stereocenters. The second-order valence-corrected chi connectivity index (χ2v) is 7.38. The number of aromatic nitrogens is 1. The van der Waals surface area contributed by atoms with Crippen LogP contribution in [0.1, 0.15) is 13.8 Å². The highest BCUT2D eigenvalue weighted by Gasteiger charge is 2.29. The van der Waals surface area contributed by atoms with Gasteiger partial charge in [-0.15, -0.1) is 0 Å². The minimum Gasteiger partial charge on any atom is -0.422 e. The van der Waals surface area contributed by atoms with Crippen LogP contribution in [0.25, 0.3) is 21.7 Å². The molecule has 0 amide bonds. The Hall–Kier alpha value is -2.44. The molecule has 1 saturated heterocycles. The summed E-state index contributed by atoms with van der Waals surface area (Å²) in [5, 5.41) is 10.6. The van der Waals surface area contributed by atoms with Crippen LogP contribution in [-0.2, 0) is 11.3 Å². The molecular weight excluding hydrogens is 330 g/mol. The Morgan fingerprint density at radius 3 is 2.62 bits per heavy atom. The molecule has 0 bridgehead atoms. The molecule has 1 fully saturated rings. The van der Waals surface area contributed by atoms with E-state index in [9.17, 15) is 4.79 Å². The normalized spacial score (nSPS) is 16.4. The molecule has 0 spiro atoms. The van der Waals surface area contributed by atoms with Crippen LogP contribution in [0.2, 0.25) is 0 Å². The largest absolute Gasteiger partial charge is 0.422 e. The zero-order valence-corrected chi connectivity index (χ0v) is 15.1. The van der Waals surface area contributed by atoms with Crippen LogP contribution < -0.4 is 11.1 Å². The van der Waals surface area contributed by atoms with Crippen LogP contribution >= 0.6 is 0 Å². The third-order valence-electron chi connectivity index (χ3n) is 5.22. The van der Waals surface area contributed by atoms with E-state index >= 15 is 0 Å². The zero-order chi connectivity index (χ0) is 18.3. The molecule has 1 N–H and O–H groups in total. The molecule has 26 heavy (non-hydrogen) atoms. The fourth-order valence-electron chi connectivity index (χ4n) is 3.77. The lowest BCUT2D eigenvalue weighted by Gasteiger charge is -2.41. The molecule has 0 atom stereocenters. The summed E-state index contributed by atoms with van der Waals surface area (Å²) >= 11 is 0. The van der Waals surface area contributed by atoms with E-state index in [2.05, 4.69) is 18.7 Å². The Labute approximate surface area is 151 Å². The Balaban J connectivity index is 1.81. The van der Waals surface area contributed by atoms with Crippen molar-refractivity contribution in [2.75, 3.05) is 26.3 Å². The maximum atomic E-state index is 12.5. The molecule has 3 aromatic rings. The number of morpholine rings is 1. The zero-order valence-electron chi connectivity index (χ0n) is 15.1. The lowest BCUT2D eigenvalue weighted by molar-refractivity contribution is -0.0160. The summed E-state index contributed by atoms with van der Waals surface area (Å²) < 4.78 is 12.7. The molecule has 136 valence electrons. The van der Waals surface area contributed by atoms with Gasteiger partial charge in [0.05, 0.1) is 13.2 Å². The maximum absolute atomic E-state index is 12.5. The fraction of sp³-hybridized carbons (Fsp3) is 0.400. The predicted molar refractivity (Wildman–Crippen MR) is 100 cm³/mol. The van der Waals surface area contributed by atoms with E-state index in [1.165, 1.54) is 0 Å². The third kappa shape index (κ3) is 2.85. The van der Waals surface area contributed by atoms with E-state index in [1.54, 1.807) is 6.07 Å². The Morgan fingerprint density at radius 1 is 1.12 bits per heavy atom. The number of hydrogen-bond acceptors (Lipinski definition) is 5. The van der Waals surface area contributed by atoms with Crippen molar-refractivity contribution < 1.29 is 9.15 Å². The van der Waals surface area contributed by atoms with Gasteiger partial charge in [0.2, 0.25) is 0 Å². The lowest BCUT2D eigenvalue weighted by atomic mass is 10.0. The second-order valence-electron chi connectivity index (χ2n) is 7.38. The van der Waals surface area contributed by atoms with E-state index in [0.717, 1.165) is 37.1 Å². The van der Waals surface area contributed by atoms with Crippen molar-refractivity contribution in [3.8, 4) is 0 Å². The number of rotatable bonds is 3. The van der Waals surface area contributed by atoms with Crippen LogP contribution in [0.15, 0.2) is 45.7 Å². The molecule has 1 aliphatic rings. The molecule has 4 rings (SSSR count). The van der Waals surface area contributed by atoms with Gasteiger partial charge < -0.3 is 13.7 Å². The Kier molecular flexibility index (Phi) is 4.17. The minimum absolute atomic E-state index is 0.144. The standard InChI is InChI=1S/C20H23N3O3/c1-20(2,23-9-11-25-12-10-23)13-22-8-7-15-14-5-3-4-6-16(14)26-19(24)17(15)18(22)21/h3-8,21H,9-13H2,1-2H3. The molecular formula is C20H23N3O3. The van der Waals surface area contributed by atoms with Gasteiger partial charge in [0.25, 0.3) is 0 Å². The average molecular weight is 353 g/mol. The molecule has 3 heterocycles. The first kappa shape index (κ1) is 17.0. The number of para-hydroxylation sites is 1. The van der Waals surface area contributed by atoms with Gasteiger partial charge in [0, 0.05) is 42.1 Å². The smallest absolute Gasteiger partial charge is 0.347 e. The topological polar surface area (TPSA) is 71.5 Å².